The van der Waals surface area contributed by atoms with E-state index in [2.05, 4.69) is 40.5 Å². The predicted octanol–water partition coefficient (Wildman–Crippen LogP) is 5.91. The molecule has 3 atom stereocenters. The number of nitrogens with one attached hydrogen (secondary N) is 1. The molecule has 3 nitrogen and oxygen atoms in total. The van der Waals surface area contributed by atoms with E-state index in [4.69, 9.17) is 4.74 Å². The maximum atomic E-state index is 5.30. The van der Waals surface area contributed by atoms with Gasteiger partial charge in [-0.15, -0.1) is 0 Å². The molecule has 4 aliphatic rings. The van der Waals surface area contributed by atoms with Crippen molar-refractivity contribution in [2.75, 3.05) is 25.5 Å². The minimum atomic E-state index is 0.425. The van der Waals surface area contributed by atoms with Gasteiger partial charge in [-0.3, -0.25) is 4.90 Å². The number of piperidine rings is 1. The average molecular weight is 403 g/mol. The van der Waals surface area contributed by atoms with E-state index in [1.165, 1.54) is 70.1 Å². The largest absolute Gasteiger partial charge is 0.497 e. The number of rotatable bonds is 5. The van der Waals surface area contributed by atoms with Crippen LogP contribution >= 0.6 is 0 Å². The number of methoxy groups -OCH3 is 1. The Labute approximate surface area is 180 Å². The number of nitrogens with zero attached hydrogens (tertiary/aromatic N) is 1. The fourth-order valence-corrected chi connectivity index (χ4v) is 6.86. The summed E-state index contributed by atoms with van der Waals surface area (Å²) in [6.07, 6.45) is 11.2. The van der Waals surface area contributed by atoms with Crippen molar-refractivity contribution in [2.45, 2.75) is 62.8 Å². The van der Waals surface area contributed by atoms with E-state index >= 15 is 0 Å². The number of hydrogen-bond donors (Lipinski definition) is 1. The summed E-state index contributed by atoms with van der Waals surface area (Å²) in [6, 6.07) is 16.3. The Hall–Kier alpha value is -2.00. The van der Waals surface area contributed by atoms with Gasteiger partial charge < -0.3 is 10.1 Å². The number of anilines is 2. The molecule has 0 aromatic heterocycles. The summed E-state index contributed by atoms with van der Waals surface area (Å²) in [5.74, 6) is 2.76. The molecule has 2 aromatic carbocycles. The summed E-state index contributed by atoms with van der Waals surface area (Å²) in [4.78, 5) is 2.90. The molecule has 1 saturated heterocycles. The lowest BCUT2D eigenvalue weighted by Crippen LogP contribution is -2.61. The maximum absolute atomic E-state index is 5.30. The molecule has 30 heavy (non-hydrogen) atoms. The summed E-state index contributed by atoms with van der Waals surface area (Å²) < 4.78 is 5.30. The normalized spacial score (nSPS) is 30.3. The van der Waals surface area contributed by atoms with E-state index in [0.29, 0.717) is 5.41 Å². The van der Waals surface area contributed by atoms with Crippen molar-refractivity contribution < 1.29 is 4.74 Å². The molecule has 6 rings (SSSR count). The molecule has 3 aliphatic carbocycles. The molecule has 158 valence electrons. The van der Waals surface area contributed by atoms with Gasteiger partial charge in [0.05, 0.1) is 7.11 Å². The third-order valence-corrected chi connectivity index (χ3v) is 8.52. The molecule has 2 saturated carbocycles. The Morgan fingerprint density at radius 1 is 1.00 bits per heavy atom. The molecule has 1 N–H and O–H groups in total. The minimum absolute atomic E-state index is 0.425. The molecule has 3 heteroatoms. The van der Waals surface area contributed by atoms with Gasteiger partial charge in [-0.2, -0.15) is 0 Å². The van der Waals surface area contributed by atoms with Gasteiger partial charge >= 0.3 is 0 Å². The van der Waals surface area contributed by atoms with Gasteiger partial charge in [0.2, 0.25) is 0 Å². The van der Waals surface area contributed by atoms with E-state index in [-0.39, 0.29) is 0 Å². The highest BCUT2D eigenvalue weighted by atomic mass is 16.5. The van der Waals surface area contributed by atoms with E-state index < -0.39 is 0 Å². The van der Waals surface area contributed by atoms with Crippen LogP contribution in [0.15, 0.2) is 42.5 Å². The monoisotopic (exact) mass is 402 g/mol. The van der Waals surface area contributed by atoms with Gasteiger partial charge in [0.25, 0.3) is 0 Å². The molecular formula is C27H34N2O. The van der Waals surface area contributed by atoms with Crippen LogP contribution < -0.4 is 10.1 Å². The van der Waals surface area contributed by atoms with E-state index in [9.17, 15) is 0 Å². The summed E-state index contributed by atoms with van der Waals surface area (Å²) >= 11 is 0. The van der Waals surface area contributed by atoms with Crippen molar-refractivity contribution in [3.63, 3.8) is 0 Å². The van der Waals surface area contributed by atoms with Crippen LogP contribution in [0, 0.1) is 11.8 Å². The lowest BCUT2D eigenvalue weighted by molar-refractivity contribution is -0.0133. The van der Waals surface area contributed by atoms with Crippen LogP contribution in [-0.2, 0) is 11.8 Å². The number of benzene rings is 2. The molecule has 0 spiro atoms. The highest BCUT2D eigenvalue weighted by Crippen LogP contribution is 2.56. The lowest BCUT2D eigenvalue weighted by Gasteiger charge is -2.59. The van der Waals surface area contributed by atoms with Crippen molar-refractivity contribution >= 4 is 11.4 Å². The van der Waals surface area contributed by atoms with Crippen LogP contribution in [0.3, 0.4) is 0 Å². The Morgan fingerprint density at radius 3 is 2.63 bits per heavy atom. The average Bonchev–Trinajstić information content (AvgIpc) is 3.61. The van der Waals surface area contributed by atoms with Gasteiger partial charge in [0.1, 0.15) is 5.75 Å². The van der Waals surface area contributed by atoms with Gasteiger partial charge in [0, 0.05) is 29.4 Å². The Balaban J connectivity index is 1.32. The first-order valence-electron chi connectivity index (χ1n) is 12.0. The third-order valence-electron chi connectivity index (χ3n) is 8.52. The molecule has 1 aliphatic heterocycles. The molecule has 1 heterocycles. The summed E-state index contributed by atoms with van der Waals surface area (Å²) in [5, 5.41) is 3.65. The van der Waals surface area contributed by atoms with Crippen molar-refractivity contribution in [1.29, 1.82) is 0 Å². The molecule has 3 fully saturated rings. The molecule has 0 amide bonds. The zero-order valence-electron chi connectivity index (χ0n) is 18.2. The first kappa shape index (κ1) is 18.7. The zero-order valence-corrected chi connectivity index (χ0v) is 18.2. The fourth-order valence-electron chi connectivity index (χ4n) is 6.86. The first-order valence-corrected chi connectivity index (χ1v) is 12.0. The second-order valence-corrected chi connectivity index (χ2v) is 10.2. The van der Waals surface area contributed by atoms with Crippen molar-refractivity contribution in [2.24, 2.45) is 11.8 Å². The quantitative estimate of drug-likeness (QED) is 0.673. The van der Waals surface area contributed by atoms with Crippen LogP contribution in [0.5, 0.6) is 5.75 Å². The zero-order chi connectivity index (χ0) is 20.1. The second kappa shape index (κ2) is 7.30. The van der Waals surface area contributed by atoms with Crippen LogP contribution in [-0.4, -0.2) is 31.1 Å². The van der Waals surface area contributed by atoms with Gasteiger partial charge in [-0.25, -0.2) is 0 Å². The highest BCUT2D eigenvalue weighted by molar-refractivity contribution is 5.63. The van der Waals surface area contributed by atoms with Crippen molar-refractivity contribution in [3.8, 4) is 5.75 Å². The number of hydrogen-bond acceptors (Lipinski definition) is 3. The number of ether oxygens (including phenoxy) is 1. The Bertz CT molecular complexity index is 919. The van der Waals surface area contributed by atoms with Crippen LogP contribution in [0.1, 0.15) is 56.1 Å². The Morgan fingerprint density at radius 2 is 1.83 bits per heavy atom. The standard InChI is InChI=1S/C27H34N2O/c1-30-23-11-9-21(10-12-23)28-22-8-7-20-16-26-24-4-2-3-13-27(24,25(20)17-22)14-15-29(26)18-19-5-6-19/h7-12,17,19,24,26,28H,2-6,13-16,18H2,1H3/t24?,26?,27-/m1/s1. The molecule has 2 bridgehead atoms. The maximum Gasteiger partial charge on any atom is 0.119 e. The SMILES string of the molecule is COc1ccc(Nc2ccc3c(c2)[C@@]24CCCCC2C(C3)N(CC2CC2)CC4)cc1. The summed E-state index contributed by atoms with van der Waals surface area (Å²) in [6.45, 7) is 2.68. The van der Waals surface area contributed by atoms with Crippen LogP contribution in [0.4, 0.5) is 11.4 Å². The number of likely N-dealkylation sites (tertiary alicyclic amines) is 1. The molecular weight excluding hydrogens is 368 g/mol. The van der Waals surface area contributed by atoms with Crippen molar-refractivity contribution in [3.05, 3.63) is 53.6 Å². The van der Waals surface area contributed by atoms with Crippen molar-refractivity contribution in [1.82, 2.24) is 4.90 Å². The van der Waals surface area contributed by atoms with Crippen LogP contribution in [0.2, 0.25) is 0 Å². The lowest BCUT2D eigenvalue weighted by atomic mass is 9.52. The molecule has 2 aromatic rings. The topological polar surface area (TPSA) is 24.5 Å². The van der Waals surface area contributed by atoms with Gasteiger partial charge in [0.15, 0.2) is 0 Å². The van der Waals surface area contributed by atoms with E-state index in [1.807, 2.05) is 12.1 Å². The highest BCUT2D eigenvalue weighted by Gasteiger charge is 2.54. The third kappa shape index (κ3) is 3.13. The number of fused-ring (bicyclic) bond motifs is 1. The van der Waals surface area contributed by atoms with E-state index in [1.54, 1.807) is 18.2 Å². The van der Waals surface area contributed by atoms with E-state index in [0.717, 1.165) is 29.3 Å². The van der Waals surface area contributed by atoms with Gasteiger partial charge in [-0.05, 0) is 104 Å². The summed E-state index contributed by atoms with van der Waals surface area (Å²) in [5.41, 5.74) is 6.08. The Kier molecular flexibility index (Phi) is 4.56. The fraction of sp³-hybridized carbons (Fsp3) is 0.556. The first-order chi connectivity index (χ1) is 14.7. The van der Waals surface area contributed by atoms with Crippen LogP contribution in [0.25, 0.3) is 0 Å². The summed E-state index contributed by atoms with van der Waals surface area (Å²) in [7, 11) is 1.72. The minimum Gasteiger partial charge on any atom is -0.497 e. The smallest absolute Gasteiger partial charge is 0.119 e. The second-order valence-electron chi connectivity index (χ2n) is 10.2. The predicted molar refractivity (Wildman–Crippen MR) is 123 cm³/mol. The van der Waals surface area contributed by atoms with Gasteiger partial charge in [-0.1, -0.05) is 18.9 Å². The molecule has 2 unspecified atom stereocenters. The molecule has 0 radical (unpaired) electrons.